The van der Waals surface area contributed by atoms with E-state index in [1.54, 1.807) is 30.9 Å². The maximum atomic E-state index is 14.0. The molecule has 11 heteroatoms. The van der Waals surface area contributed by atoms with Gasteiger partial charge in [-0.2, -0.15) is 5.10 Å². The smallest absolute Gasteiger partial charge is 0.227 e. The highest BCUT2D eigenvalue weighted by molar-refractivity contribution is 5.97. The number of amides is 1. The van der Waals surface area contributed by atoms with Gasteiger partial charge in [0.1, 0.15) is 22.8 Å². The molecule has 38 heavy (non-hydrogen) atoms. The molecular weight excluding hydrogens is 487 g/mol. The Morgan fingerprint density at radius 1 is 1.00 bits per heavy atom. The number of carbonyl (C=O) groups excluding carboxylic acids is 1. The van der Waals surface area contributed by atoms with Crippen LogP contribution in [0.15, 0.2) is 61.2 Å². The number of anilines is 1. The lowest BCUT2D eigenvalue weighted by molar-refractivity contribution is -0.117. The van der Waals surface area contributed by atoms with Gasteiger partial charge < -0.3 is 15.4 Å². The first kappa shape index (κ1) is 22.0. The van der Waals surface area contributed by atoms with Gasteiger partial charge in [-0.3, -0.25) is 14.9 Å². The normalized spacial score (nSPS) is 13.3. The van der Waals surface area contributed by atoms with E-state index in [1.165, 1.54) is 12.1 Å². The number of H-pyrrole nitrogens is 2. The van der Waals surface area contributed by atoms with Crippen LogP contribution in [0.1, 0.15) is 12.8 Å². The quantitative estimate of drug-likeness (QED) is 0.262. The number of fused-ring (bicyclic) bond motifs is 2. The topological polar surface area (TPSA) is 145 Å². The van der Waals surface area contributed by atoms with Gasteiger partial charge in [-0.25, -0.2) is 19.3 Å². The highest BCUT2D eigenvalue weighted by Crippen LogP contribution is 2.34. The number of phenols is 1. The Labute approximate surface area is 214 Å². The van der Waals surface area contributed by atoms with E-state index in [1.807, 2.05) is 12.1 Å². The average Bonchev–Trinajstić information content (AvgIpc) is 3.54. The summed E-state index contributed by atoms with van der Waals surface area (Å²) in [5.74, 6) is -0.169. The summed E-state index contributed by atoms with van der Waals surface area (Å²) >= 11 is 0. The molecule has 1 saturated carbocycles. The van der Waals surface area contributed by atoms with Crippen molar-refractivity contribution in [3.05, 3.63) is 67.0 Å². The molecule has 4 N–H and O–H groups in total. The number of pyridine rings is 3. The van der Waals surface area contributed by atoms with E-state index in [9.17, 15) is 14.3 Å². The Bertz CT molecular complexity index is 1850. The van der Waals surface area contributed by atoms with Crippen LogP contribution in [0, 0.1) is 11.7 Å². The monoisotopic (exact) mass is 506 g/mol. The number of carbonyl (C=O) groups is 1. The minimum Gasteiger partial charge on any atom is -0.508 e. The van der Waals surface area contributed by atoms with Crippen LogP contribution in [-0.4, -0.2) is 46.1 Å². The van der Waals surface area contributed by atoms with Gasteiger partial charge in [-0.1, -0.05) is 0 Å². The number of hydrogen-bond acceptors (Lipinski definition) is 7. The van der Waals surface area contributed by atoms with Gasteiger partial charge in [0.25, 0.3) is 0 Å². The third-order valence-electron chi connectivity index (χ3n) is 6.51. The largest absolute Gasteiger partial charge is 0.508 e. The highest BCUT2D eigenvalue weighted by Gasteiger charge is 2.29. The third kappa shape index (κ3) is 3.90. The van der Waals surface area contributed by atoms with Crippen molar-refractivity contribution < 1.29 is 14.3 Å². The number of hydrogen-bond donors (Lipinski definition) is 4. The van der Waals surface area contributed by atoms with E-state index in [-0.39, 0.29) is 17.6 Å². The number of rotatable bonds is 5. The van der Waals surface area contributed by atoms with Gasteiger partial charge in [0.2, 0.25) is 5.91 Å². The van der Waals surface area contributed by atoms with Crippen molar-refractivity contribution in [2.24, 2.45) is 5.92 Å². The number of nitrogens with one attached hydrogen (secondary N) is 3. The van der Waals surface area contributed by atoms with E-state index >= 15 is 0 Å². The van der Waals surface area contributed by atoms with Crippen molar-refractivity contribution in [1.29, 1.82) is 0 Å². The van der Waals surface area contributed by atoms with Crippen molar-refractivity contribution >= 4 is 33.8 Å². The summed E-state index contributed by atoms with van der Waals surface area (Å²) in [6, 6.07) is 9.36. The summed E-state index contributed by atoms with van der Waals surface area (Å²) in [5, 5.41) is 20.9. The van der Waals surface area contributed by atoms with Crippen LogP contribution in [0.25, 0.3) is 56.0 Å². The van der Waals surface area contributed by atoms with Crippen molar-refractivity contribution in [3.63, 3.8) is 0 Å². The summed E-state index contributed by atoms with van der Waals surface area (Å²) in [5.41, 5.74) is 5.41. The van der Waals surface area contributed by atoms with Gasteiger partial charge >= 0.3 is 0 Å². The maximum absolute atomic E-state index is 14.0. The molecule has 1 fully saturated rings. The number of aromatic nitrogens is 7. The number of aromatic hydroxyl groups is 1. The fraction of sp³-hybridized carbons (Fsp3) is 0.111. The van der Waals surface area contributed by atoms with Crippen molar-refractivity contribution in [3.8, 4) is 39.5 Å². The van der Waals surface area contributed by atoms with Crippen LogP contribution in [0.2, 0.25) is 0 Å². The second-order valence-corrected chi connectivity index (χ2v) is 9.26. The summed E-state index contributed by atoms with van der Waals surface area (Å²) in [4.78, 5) is 33.2. The molecule has 6 aromatic rings. The van der Waals surface area contributed by atoms with Gasteiger partial charge in [0.05, 0.1) is 17.3 Å². The minimum atomic E-state index is -0.553. The number of benzene rings is 1. The molecule has 0 spiro atoms. The zero-order valence-corrected chi connectivity index (χ0v) is 19.7. The SMILES string of the molecule is O=C(Nc1cncc(-c2cnc3[nH]nc(-c4nc5c(-c6cc(O)cc(F)c6)ccnc5[nH]4)c3c2)c1)C1CC1. The second-order valence-electron chi connectivity index (χ2n) is 9.26. The number of halogens is 1. The van der Waals surface area contributed by atoms with Crippen LogP contribution in [-0.2, 0) is 4.79 Å². The molecular formula is C27H19FN8O2. The summed E-state index contributed by atoms with van der Waals surface area (Å²) in [7, 11) is 0. The van der Waals surface area contributed by atoms with Crippen LogP contribution in [0.3, 0.4) is 0 Å². The molecule has 0 radical (unpaired) electrons. The fourth-order valence-electron chi connectivity index (χ4n) is 4.48. The van der Waals surface area contributed by atoms with Crippen LogP contribution >= 0.6 is 0 Å². The zero-order valence-electron chi connectivity index (χ0n) is 19.7. The van der Waals surface area contributed by atoms with Gasteiger partial charge in [0, 0.05) is 47.3 Å². The molecule has 1 aliphatic rings. The standard InChI is InChI=1S/C27H19FN8O2/c28-17-5-14(7-19(37)9-17)20-3-4-30-25-22(20)33-26(34-25)23-21-8-16(11-31-24(21)36-35-23)15-6-18(12-29-10-15)32-27(38)13-1-2-13/h3-13,37H,1-2H2,(H,32,38)(H,30,33,34)(H,31,35,36). The predicted octanol–water partition coefficient (Wildman–Crippen LogP) is 4.82. The van der Waals surface area contributed by atoms with E-state index in [2.05, 4.69) is 35.5 Å². The number of aromatic amines is 2. The molecule has 0 aliphatic heterocycles. The van der Waals surface area contributed by atoms with E-state index in [4.69, 9.17) is 4.98 Å². The zero-order chi connectivity index (χ0) is 25.8. The number of nitrogens with zero attached hydrogens (tertiary/aromatic N) is 5. The lowest BCUT2D eigenvalue weighted by atomic mass is 10.1. The fourth-order valence-corrected chi connectivity index (χ4v) is 4.48. The van der Waals surface area contributed by atoms with Crippen molar-refractivity contribution in [1.82, 2.24) is 35.1 Å². The molecule has 0 saturated heterocycles. The van der Waals surface area contributed by atoms with E-state index in [0.717, 1.165) is 35.4 Å². The molecule has 0 atom stereocenters. The third-order valence-corrected chi connectivity index (χ3v) is 6.51. The molecule has 7 rings (SSSR count). The Kier molecular flexibility index (Phi) is 4.90. The second kappa shape index (κ2) is 8.44. The van der Waals surface area contributed by atoms with Crippen LogP contribution < -0.4 is 5.32 Å². The summed E-state index contributed by atoms with van der Waals surface area (Å²) in [6.45, 7) is 0. The lowest BCUT2D eigenvalue weighted by Gasteiger charge is -2.06. The van der Waals surface area contributed by atoms with E-state index < -0.39 is 5.82 Å². The first-order chi connectivity index (χ1) is 18.5. The number of phenolic OH excluding ortho intramolecular Hbond substituents is 1. The Balaban J connectivity index is 1.29. The van der Waals surface area contributed by atoms with Crippen molar-refractivity contribution in [2.75, 3.05) is 5.32 Å². The van der Waals surface area contributed by atoms with Crippen LogP contribution in [0.4, 0.5) is 10.1 Å². The first-order valence-electron chi connectivity index (χ1n) is 12.0. The first-order valence-corrected chi connectivity index (χ1v) is 12.0. The summed E-state index contributed by atoms with van der Waals surface area (Å²) < 4.78 is 14.0. The molecule has 1 amide bonds. The van der Waals surface area contributed by atoms with E-state index in [0.29, 0.717) is 45.1 Å². The van der Waals surface area contributed by atoms with Gasteiger partial charge in [-0.15, -0.1) is 0 Å². The highest BCUT2D eigenvalue weighted by atomic mass is 19.1. The average molecular weight is 507 g/mol. The molecule has 0 unspecified atom stereocenters. The molecule has 0 bridgehead atoms. The molecule has 1 aliphatic carbocycles. The Hall–Kier alpha value is -5.19. The predicted molar refractivity (Wildman–Crippen MR) is 138 cm³/mol. The molecule has 186 valence electrons. The lowest BCUT2D eigenvalue weighted by Crippen LogP contribution is -2.13. The number of imidazole rings is 1. The minimum absolute atomic E-state index is 0.0148. The molecule has 1 aromatic carbocycles. The molecule has 5 heterocycles. The van der Waals surface area contributed by atoms with Crippen molar-refractivity contribution in [2.45, 2.75) is 12.8 Å². The summed E-state index contributed by atoms with van der Waals surface area (Å²) in [6.07, 6.45) is 8.48. The molecule has 5 aromatic heterocycles. The maximum Gasteiger partial charge on any atom is 0.227 e. The Morgan fingerprint density at radius 3 is 2.71 bits per heavy atom. The molecule has 10 nitrogen and oxygen atoms in total. The van der Waals surface area contributed by atoms with Gasteiger partial charge in [0.15, 0.2) is 17.1 Å². The van der Waals surface area contributed by atoms with Gasteiger partial charge in [-0.05, 0) is 48.7 Å². The van der Waals surface area contributed by atoms with Crippen LogP contribution in [0.5, 0.6) is 5.75 Å². The Morgan fingerprint density at radius 2 is 1.87 bits per heavy atom.